The van der Waals surface area contributed by atoms with Crippen LogP contribution in [0.4, 0.5) is 0 Å². The van der Waals surface area contributed by atoms with Gasteiger partial charge in [-0.25, -0.2) is 4.79 Å². The molecule has 4 nitrogen and oxygen atoms in total. The fraction of sp³-hybridized carbons (Fsp3) is 0.750. The average molecular weight is 321 g/mol. The molecule has 0 spiro atoms. The van der Waals surface area contributed by atoms with Gasteiger partial charge in [-0.2, -0.15) is 0 Å². The Morgan fingerprint density at radius 2 is 1.32 bits per heavy atom. The summed E-state index contributed by atoms with van der Waals surface area (Å²) in [5, 5.41) is 9.15. The monoisotopic (exact) mass is 320 g/mol. The number of rotatable bonds is 7. The van der Waals surface area contributed by atoms with Crippen LogP contribution in [0.2, 0.25) is 51.4 Å². The Balaban J connectivity index is 5.38. The lowest BCUT2D eigenvalue weighted by molar-refractivity contribution is -0.132. The van der Waals surface area contributed by atoms with Crippen molar-refractivity contribution in [1.82, 2.24) is 0 Å². The molecule has 0 aromatic heterocycles. The van der Waals surface area contributed by atoms with Crippen molar-refractivity contribution in [3.05, 3.63) is 12.2 Å². The van der Waals surface area contributed by atoms with Gasteiger partial charge < -0.3 is 13.3 Å². The van der Waals surface area contributed by atoms with Crippen LogP contribution in [0, 0.1) is 0 Å². The zero-order chi connectivity index (χ0) is 15.6. The maximum atomic E-state index is 11.2. The molecule has 0 radical (unpaired) electrons. The van der Waals surface area contributed by atoms with E-state index in [1.54, 1.807) is 0 Å². The molecule has 0 amide bonds. The first-order valence-electron chi connectivity index (χ1n) is 6.50. The summed E-state index contributed by atoms with van der Waals surface area (Å²) in [6.07, 6.45) is 0. The van der Waals surface area contributed by atoms with Crippen LogP contribution in [-0.4, -0.2) is 36.3 Å². The van der Waals surface area contributed by atoms with Gasteiger partial charge >= 0.3 is 14.5 Å². The molecular weight excluding hydrogens is 292 g/mol. The number of carboxylic acids is 1. The van der Waals surface area contributed by atoms with Crippen LogP contribution in [0.15, 0.2) is 12.2 Å². The highest BCUT2D eigenvalue weighted by Crippen LogP contribution is 2.35. The van der Waals surface area contributed by atoms with Gasteiger partial charge in [0.2, 0.25) is 0 Å². The van der Waals surface area contributed by atoms with Crippen LogP contribution < -0.4 is 0 Å². The molecular formula is C12H28O4Si3. The summed E-state index contributed by atoms with van der Waals surface area (Å²) in [4.78, 5) is 11.2. The van der Waals surface area contributed by atoms with Gasteiger partial charge in [-0.1, -0.05) is 13.5 Å². The van der Waals surface area contributed by atoms with Crippen LogP contribution in [0.25, 0.3) is 0 Å². The third-order valence-electron chi connectivity index (χ3n) is 2.60. The second-order valence-corrected chi connectivity index (χ2v) is 20.0. The Kier molecular flexibility index (Phi) is 5.97. The predicted molar refractivity (Wildman–Crippen MR) is 86.7 cm³/mol. The number of aliphatic carboxylic acids is 1. The molecule has 112 valence electrons. The third kappa shape index (κ3) is 6.66. The highest BCUT2D eigenvalue weighted by molar-refractivity contribution is 6.88. The number of hydrogen-bond donors (Lipinski definition) is 1. The van der Waals surface area contributed by atoms with Gasteiger partial charge in [0.05, 0.1) is 0 Å². The number of hydrogen-bond acceptors (Lipinski definition) is 3. The summed E-state index contributed by atoms with van der Waals surface area (Å²) in [6, 6.07) is 0. The van der Waals surface area contributed by atoms with E-state index < -0.39 is 31.2 Å². The first-order valence-corrected chi connectivity index (χ1v) is 15.7. The van der Waals surface area contributed by atoms with Crippen molar-refractivity contribution in [3.8, 4) is 0 Å². The lowest BCUT2D eigenvalue weighted by Gasteiger charge is -2.42. The summed E-state index contributed by atoms with van der Waals surface area (Å²) in [6.45, 7) is 20.1. The minimum absolute atomic E-state index is 0.186. The fourth-order valence-corrected chi connectivity index (χ4v) is 14.4. The van der Waals surface area contributed by atoms with Gasteiger partial charge in [0.1, 0.15) is 0 Å². The highest BCUT2D eigenvalue weighted by Gasteiger charge is 2.46. The summed E-state index contributed by atoms with van der Waals surface area (Å²) < 4.78 is 12.6. The quantitative estimate of drug-likeness (QED) is 0.573. The molecule has 0 bridgehead atoms. The topological polar surface area (TPSA) is 55.8 Å². The van der Waals surface area contributed by atoms with E-state index in [0.717, 1.165) is 0 Å². The van der Waals surface area contributed by atoms with E-state index >= 15 is 0 Å². The van der Waals surface area contributed by atoms with Crippen molar-refractivity contribution in [3.63, 3.8) is 0 Å². The van der Waals surface area contributed by atoms with Gasteiger partial charge in [0.15, 0.2) is 16.6 Å². The summed E-state index contributed by atoms with van der Waals surface area (Å²) in [5.74, 6) is -0.968. The highest BCUT2D eigenvalue weighted by atomic mass is 28.5. The number of carbonyl (C=O) groups is 1. The Bertz CT molecular complexity index is 339. The van der Waals surface area contributed by atoms with Crippen LogP contribution in [0.3, 0.4) is 0 Å². The zero-order valence-corrected chi connectivity index (χ0v) is 16.5. The molecule has 0 heterocycles. The van der Waals surface area contributed by atoms with Gasteiger partial charge in [0, 0.05) is 11.1 Å². The molecule has 0 aliphatic carbocycles. The van der Waals surface area contributed by atoms with E-state index in [1.807, 2.05) is 13.5 Å². The lowest BCUT2D eigenvalue weighted by atomic mass is 10.2. The van der Waals surface area contributed by atoms with E-state index in [2.05, 4.69) is 45.9 Å². The standard InChI is InChI=1S/C12H28O4Si3/c1-10(12(13)14)11(2)19(9,15-17(3,4)5)16-18(6,7)8/h11H,1H2,2-9H3,(H,13,14). The van der Waals surface area contributed by atoms with Crippen LogP contribution in [0.1, 0.15) is 6.92 Å². The van der Waals surface area contributed by atoms with Crippen molar-refractivity contribution < 1.29 is 18.1 Å². The Morgan fingerprint density at radius 1 is 1.00 bits per heavy atom. The van der Waals surface area contributed by atoms with Crippen LogP contribution in [0.5, 0.6) is 0 Å². The second-order valence-electron chi connectivity index (χ2n) is 7.00. The Labute approximate surface area is 120 Å². The minimum atomic E-state index is -2.61. The van der Waals surface area contributed by atoms with Crippen LogP contribution in [-0.2, 0) is 13.0 Å². The molecule has 1 unspecified atom stereocenters. The molecule has 1 atom stereocenters. The number of carboxylic acid groups (broad SMARTS) is 1. The van der Waals surface area contributed by atoms with E-state index in [1.165, 1.54) is 0 Å². The van der Waals surface area contributed by atoms with Crippen molar-refractivity contribution in [1.29, 1.82) is 0 Å². The SMILES string of the molecule is C=C(C(=O)O)C(C)[Si](C)(O[Si](C)(C)C)O[Si](C)(C)C. The lowest BCUT2D eigenvalue weighted by Crippen LogP contribution is -2.55. The van der Waals surface area contributed by atoms with Crippen molar-refractivity contribution in [2.45, 2.75) is 58.3 Å². The molecule has 0 aromatic carbocycles. The summed E-state index contributed by atoms with van der Waals surface area (Å²) >= 11 is 0. The largest absolute Gasteiger partial charge is 0.478 e. The third-order valence-corrected chi connectivity index (χ3v) is 12.7. The van der Waals surface area contributed by atoms with Gasteiger partial charge in [-0.15, -0.1) is 0 Å². The summed E-state index contributed by atoms with van der Waals surface area (Å²) in [7, 11) is -6.23. The van der Waals surface area contributed by atoms with E-state index in [9.17, 15) is 4.79 Å². The van der Waals surface area contributed by atoms with E-state index in [0.29, 0.717) is 0 Å². The van der Waals surface area contributed by atoms with Crippen LogP contribution >= 0.6 is 0 Å². The normalized spacial score (nSPS) is 15.2. The fourth-order valence-electron chi connectivity index (χ4n) is 1.92. The molecule has 7 heteroatoms. The van der Waals surface area contributed by atoms with E-state index in [4.69, 9.17) is 13.3 Å². The molecule has 0 aromatic rings. The molecule has 19 heavy (non-hydrogen) atoms. The minimum Gasteiger partial charge on any atom is -0.478 e. The van der Waals surface area contributed by atoms with Crippen molar-refractivity contribution in [2.75, 3.05) is 0 Å². The predicted octanol–water partition coefficient (Wildman–Crippen LogP) is 3.79. The second kappa shape index (κ2) is 6.04. The first-order chi connectivity index (χ1) is 8.18. The molecule has 0 fully saturated rings. The summed E-state index contributed by atoms with van der Waals surface area (Å²) in [5.41, 5.74) is -0.0749. The van der Waals surface area contributed by atoms with Gasteiger partial charge in [0.25, 0.3) is 0 Å². The zero-order valence-electron chi connectivity index (χ0n) is 13.5. The molecule has 0 aliphatic heterocycles. The maximum absolute atomic E-state index is 11.2. The molecule has 0 aliphatic rings. The Morgan fingerprint density at radius 3 is 1.53 bits per heavy atom. The van der Waals surface area contributed by atoms with Gasteiger partial charge in [-0.3, -0.25) is 0 Å². The molecule has 0 saturated heterocycles. The van der Waals surface area contributed by atoms with Crippen molar-refractivity contribution in [2.24, 2.45) is 0 Å². The molecule has 0 rings (SSSR count). The van der Waals surface area contributed by atoms with E-state index in [-0.39, 0.29) is 11.1 Å². The average Bonchev–Trinajstić information content (AvgIpc) is 2.08. The smallest absolute Gasteiger partial charge is 0.331 e. The molecule has 1 N–H and O–H groups in total. The van der Waals surface area contributed by atoms with Crippen molar-refractivity contribution >= 4 is 31.2 Å². The maximum Gasteiger partial charge on any atom is 0.331 e. The first kappa shape index (κ1) is 18.8. The molecule has 0 saturated carbocycles. The Hall–Kier alpha value is -0.219. The van der Waals surface area contributed by atoms with Gasteiger partial charge in [-0.05, 0) is 45.8 Å².